The minimum Gasteiger partial charge on any atom is -0.375 e. The second kappa shape index (κ2) is 5.87. The molecule has 1 aliphatic heterocycles. The average Bonchev–Trinajstić information content (AvgIpc) is 2.79. The maximum atomic E-state index is 5.74. The van der Waals surface area contributed by atoms with Crippen LogP contribution in [0.5, 0.6) is 0 Å². The smallest absolute Gasteiger partial charge is 0.172 e. The summed E-state index contributed by atoms with van der Waals surface area (Å²) in [6, 6.07) is 0. The fourth-order valence-electron chi connectivity index (χ4n) is 2.78. The molecule has 0 aromatic carbocycles. The fourth-order valence-corrected chi connectivity index (χ4v) is 2.78. The van der Waals surface area contributed by atoms with Gasteiger partial charge in [-0.25, -0.2) is 0 Å². The van der Waals surface area contributed by atoms with Crippen LogP contribution in [0.1, 0.15) is 46.0 Å². The Hall–Kier alpha value is -0.540. The fraction of sp³-hybridized carbons (Fsp3) is 0.857. The molecule has 1 spiro atoms. The summed E-state index contributed by atoms with van der Waals surface area (Å²) in [6.45, 7) is 8.36. The van der Waals surface area contributed by atoms with Gasteiger partial charge in [-0.1, -0.05) is 19.9 Å². The molecule has 0 N–H and O–H groups in total. The van der Waals surface area contributed by atoms with Crippen molar-refractivity contribution in [2.24, 2.45) is 0 Å². The molecule has 1 aliphatic carbocycles. The van der Waals surface area contributed by atoms with Crippen LogP contribution in [0, 0.1) is 0 Å². The van der Waals surface area contributed by atoms with Gasteiger partial charge in [-0.3, -0.25) is 0 Å². The molecule has 3 heteroatoms. The van der Waals surface area contributed by atoms with Crippen molar-refractivity contribution < 1.29 is 9.47 Å². The molecule has 2 aliphatic rings. The predicted octanol–water partition coefficient (Wildman–Crippen LogP) is 2.92. The van der Waals surface area contributed by atoms with Crippen LogP contribution in [-0.4, -0.2) is 37.0 Å². The van der Waals surface area contributed by atoms with Crippen molar-refractivity contribution >= 4 is 0 Å². The van der Waals surface area contributed by atoms with E-state index in [0.29, 0.717) is 0 Å². The van der Waals surface area contributed by atoms with Crippen LogP contribution in [0.25, 0.3) is 0 Å². The number of hydrogen-bond acceptors (Lipinski definition) is 3. The molecule has 17 heavy (non-hydrogen) atoms. The zero-order valence-corrected chi connectivity index (χ0v) is 11.2. The minimum absolute atomic E-state index is 0.270. The van der Waals surface area contributed by atoms with Crippen molar-refractivity contribution in [3.63, 3.8) is 0 Å². The first kappa shape index (κ1) is 12.9. The average molecular weight is 239 g/mol. The highest BCUT2D eigenvalue weighted by Crippen LogP contribution is 2.35. The van der Waals surface area contributed by atoms with Crippen LogP contribution >= 0.6 is 0 Å². The lowest BCUT2D eigenvalue weighted by Gasteiger charge is -2.35. The summed E-state index contributed by atoms with van der Waals surface area (Å²) in [5.74, 6) is -0.270. The van der Waals surface area contributed by atoms with Gasteiger partial charge in [-0.05, 0) is 19.3 Å². The summed E-state index contributed by atoms with van der Waals surface area (Å²) in [5, 5.41) is 0. The molecule has 2 rings (SSSR count). The Labute approximate surface area is 105 Å². The quantitative estimate of drug-likeness (QED) is 0.736. The Morgan fingerprint density at radius 1 is 1.18 bits per heavy atom. The van der Waals surface area contributed by atoms with E-state index >= 15 is 0 Å². The van der Waals surface area contributed by atoms with Gasteiger partial charge in [0.2, 0.25) is 0 Å². The summed E-state index contributed by atoms with van der Waals surface area (Å²) >= 11 is 0. The van der Waals surface area contributed by atoms with E-state index in [0.717, 1.165) is 32.5 Å². The van der Waals surface area contributed by atoms with Crippen molar-refractivity contribution in [3.8, 4) is 0 Å². The molecule has 0 bridgehead atoms. The van der Waals surface area contributed by atoms with Crippen LogP contribution in [0.2, 0.25) is 0 Å². The molecule has 1 fully saturated rings. The summed E-state index contributed by atoms with van der Waals surface area (Å²) in [7, 11) is 0. The van der Waals surface area contributed by atoms with Crippen molar-refractivity contribution in [1.82, 2.24) is 4.90 Å². The van der Waals surface area contributed by atoms with Gasteiger partial charge in [0.15, 0.2) is 5.79 Å². The van der Waals surface area contributed by atoms with Crippen molar-refractivity contribution in [2.75, 3.05) is 26.3 Å². The van der Waals surface area contributed by atoms with E-state index in [-0.39, 0.29) is 5.79 Å². The maximum Gasteiger partial charge on any atom is 0.172 e. The standard InChI is InChI=1S/C14H25NO2/c1-3-9-15(10-4-2)13-5-7-14(8-6-13)16-11-12-17-14/h5H,3-4,6-12H2,1-2H3. The molecule has 98 valence electrons. The van der Waals surface area contributed by atoms with Crippen molar-refractivity contribution in [2.45, 2.75) is 51.7 Å². The summed E-state index contributed by atoms with van der Waals surface area (Å²) in [4.78, 5) is 2.53. The van der Waals surface area contributed by atoms with E-state index in [1.807, 2.05) is 0 Å². The van der Waals surface area contributed by atoms with Gasteiger partial charge in [0.1, 0.15) is 0 Å². The normalized spacial score (nSPS) is 22.8. The summed E-state index contributed by atoms with van der Waals surface area (Å²) in [5.41, 5.74) is 1.50. The lowest BCUT2D eigenvalue weighted by molar-refractivity contribution is -0.162. The number of rotatable bonds is 5. The van der Waals surface area contributed by atoms with E-state index in [9.17, 15) is 0 Å². The topological polar surface area (TPSA) is 21.7 Å². The number of hydrogen-bond donors (Lipinski definition) is 0. The first-order valence-corrected chi connectivity index (χ1v) is 7.01. The molecule has 0 radical (unpaired) electrons. The third kappa shape index (κ3) is 3.02. The van der Waals surface area contributed by atoms with Crippen LogP contribution in [-0.2, 0) is 9.47 Å². The lowest BCUT2D eigenvalue weighted by Crippen LogP contribution is -2.35. The number of ether oxygens (including phenoxy) is 2. The minimum atomic E-state index is -0.270. The molecule has 0 aromatic rings. The van der Waals surface area contributed by atoms with Crippen LogP contribution in [0.15, 0.2) is 11.8 Å². The van der Waals surface area contributed by atoms with Gasteiger partial charge in [-0.2, -0.15) is 0 Å². The predicted molar refractivity (Wildman–Crippen MR) is 68.7 cm³/mol. The molecule has 3 nitrogen and oxygen atoms in total. The van der Waals surface area contributed by atoms with E-state index in [2.05, 4.69) is 24.8 Å². The maximum absolute atomic E-state index is 5.74. The van der Waals surface area contributed by atoms with E-state index in [1.165, 1.54) is 31.6 Å². The summed E-state index contributed by atoms with van der Waals surface area (Å²) in [6.07, 6.45) is 7.81. The Morgan fingerprint density at radius 3 is 2.29 bits per heavy atom. The molecular weight excluding hydrogens is 214 g/mol. The molecule has 1 heterocycles. The van der Waals surface area contributed by atoms with Gasteiger partial charge >= 0.3 is 0 Å². The van der Waals surface area contributed by atoms with Gasteiger partial charge in [0.05, 0.1) is 13.2 Å². The van der Waals surface area contributed by atoms with Gasteiger partial charge < -0.3 is 14.4 Å². The lowest BCUT2D eigenvalue weighted by atomic mass is 9.97. The highest BCUT2D eigenvalue weighted by atomic mass is 16.7. The second-order valence-corrected chi connectivity index (χ2v) is 4.99. The van der Waals surface area contributed by atoms with E-state index in [1.54, 1.807) is 0 Å². The van der Waals surface area contributed by atoms with E-state index < -0.39 is 0 Å². The zero-order chi connectivity index (χ0) is 12.1. The van der Waals surface area contributed by atoms with Crippen LogP contribution in [0.3, 0.4) is 0 Å². The Balaban J connectivity index is 1.95. The third-order valence-corrected chi connectivity index (χ3v) is 3.62. The molecule has 0 saturated carbocycles. The van der Waals surface area contributed by atoms with Crippen molar-refractivity contribution in [3.05, 3.63) is 11.8 Å². The van der Waals surface area contributed by atoms with Crippen molar-refractivity contribution in [1.29, 1.82) is 0 Å². The van der Waals surface area contributed by atoms with Gasteiger partial charge in [-0.15, -0.1) is 0 Å². The van der Waals surface area contributed by atoms with Crippen LogP contribution in [0.4, 0.5) is 0 Å². The molecule has 0 atom stereocenters. The highest BCUT2D eigenvalue weighted by Gasteiger charge is 2.38. The Bertz CT molecular complexity index is 263. The zero-order valence-electron chi connectivity index (χ0n) is 11.2. The molecule has 0 unspecified atom stereocenters. The highest BCUT2D eigenvalue weighted by molar-refractivity contribution is 5.09. The monoisotopic (exact) mass is 239 g/mol. The molecule has 1 saturated heterocycles. The Kier molecular flexibility index (Phi) is 4.46. The number of nitrogens with zero attached hydrogens (tertiary/aromatic N) is 1. The largest absolute Gasteiger partial charge is 0.375 e. The van der Waals surface area contributed by atoms with Crippen LogP contribution < -0.4 is 0 Å². The molecule has 0 amide bonds. The molecular formula is C14H25NO2. The Morgan fingerprint density at radius 2 is 1.82 bits per heavy atom. The number of allylic oxidation sites excluding steroid dienone is 1. The molecule has 0 aromatic heterocycles. The SMILES string of the molecule is CCCN(CCC)C1=CCC2(CC1)OCCO2. The van der Waals surface area contributed by atoms with E-state index in [4.69, 9.17) is 9.47 Å². The first-order chi connectivity index (χ1) is 8.29. The second-order valence-electron chi connectivity index (χ2n) is 4.99. The third-order valence-electron chi connectivity index (χ3n) is 3.62. The van der Waals surface area contributed by atoms with Gasteiger partial charge in [0.25, 0.3) is 0 Å². The van der Waals surface area contributed by atoms with Gasteiger partial charge in [0, 0.05) is 31.6 Å². The first-order valence-electron chi connectivity index (χ1n) is 7.01. The summed E-state index contributed by atoms with van der Waals surface area (Å²) < 4.78 is 11.5.